The summed E-state index contributed by atoms with van der Waals surface area (Å²) in [4.78, 5) is 13.6. The Kier molecular flexibility index (Phi) is 3.48. The minimum atomic E-state index is -0.863. The summed E-state index contributed by atoms with van der Waals surface area (Å²) in [5.41, 5.74) is 1.44. The first-order valence-electron chi connectivity index (χ1n) is 6.57. The van der Waals surface area contributed by atoms with Crippen molar-refractivity contribution in [3.05, 3.63) is 29.3 Å². The first-order chi connectivity index (χ1) is 9.06. The zero-order chi connectivity index (χ0) is 14.0. The van der Waals surface area contributed by atoms with Crippen molar-refractivity contribution in [1.29, 1.82) is 5.26 Å². The molecule has 100 valence electrons. The molecule has 0 aliphatic carbocycles. The topological polar surface area (TPSA) is 64.3 Å². The Hall–Kier alpha value is -2.02. The van der Waals surface area contributed by atoms with Crippen molar-refractivity contribution >= 4 is 11.7 Å². The van der Waals surface area contributed by atoms with Gasteiger partial charge in [0.2, 0.25) is 0 Å². The lowest BCUT2D eigenvalue weighted by molar-refractivity contribution is -0.143. The van der Waals surface area contributed by atoms with Gasteiger partial charge >= 0.3 is 5.97 Å². The number of para-hydroxylation sites is 1. The average Bonchev–Trinajstić information content (AvgIpc) is 2.83. The molecule has 19 heavy (non-hydrogen) atoms. The van der Waals surface area contributed by atoms with Gasteiger partial charge < -0.3 is 10.0 Å². The van der Waals surface area contributed by atoms with Crippen molar-refractivity contribution in [2.45, 2.75) is 38.6 Å². The molecule has 2 rings (SSSR count). The number of aryl methyl sites for hydroxylation is 1. The van der Waals surface area contributed by atoms with Crippen LogP contribution in [0.5, 0.6) is 0 Å². The van der Waals surface area contributed by atoms with Crippen LogP contribution in [0.2, 0.25) is 0 Å². The van der Waals surface area contributed by atoms with Gasteiger partial charge in [0.25, 0.3) is 0 Å². The van der Waals surface area contributed by atoms with E-state index in [9.17, 15) is 15.2 Å². The molecule has 1 aromatic rings. The highest BCUT2D eigenvalue weighted by atomic mass is 16.4. The largest absolute Gasteiger partial charge is 0.479 e. The third-order valence-corrected chi connectivity index (χ3v) is 4.10. The van der Waals surface area contributed by atoms with Gasteiger partial charge in [-0.05, 0) is 37.8 Å². The number of nitrogens with zero attached hydrogens (tertiary/aromatic N) is 2. The summed E-state index contributed by atoms with van der Waals surface area (Å²) in [6.07, 6.45) is 2.03. The van der Waals surface area contributed by atoms with Crippen LogP contribution in [0.25, 0.3) is 0 Å². The van der Waals surface area contributed by atoms with Crippen molar-refractivity contribution in [3.8, 4) is 6.07 Å². The van der Waals surface area contributed by atoms with Gasteiger partial charge in [0.15, 0.2) is 0 Å². The number of aliphatic carboxylic acids is 1. The number of carboxylic acids is 1. The monoisotopic (exact) mass is 258 g/mol. The van der Waals surface area contributed by atoms with E-state index in [1.807, 2.05) is 30.9 Å². The van der Waals surface area contributed by atoms with Gasteiger partial charge in [-0.15, -0.1) is 0 Å². The fourth-order valence-corrected chi connectivity index (χ4v) is 3.05. The first-order valence-corrected chi connectivity index (χ1v) is 6.57. The SMILES string of the molecule is CCC1(C(=O)O)CCCN1c1c(C)cccc1C#N. The van der Waals surface area contributed by atoms with Gasteiger partial charge in [0.1, 0.15) is 11.6 Å². The van der Waals surface area contributed by atoms with E-state index in [4.69, 9.17) is 0 Å². The third kappa shape index (κ3) is 1.95. The summed E-state index contributed by atoms with van der Waals surface area (Å²) in [6.45, 7) is 4.52. The van der Waals surface area contributed by atoms with Crippen LogP contribution in [0.4, 0.5) is 5.69 Å². The minimum Gasteiger partial charge on any atom is -0.479 e. The van der Waals surface area contributed by atoms with Crippen molar-refractivity contribution in [2.24, 2.45) is 0 Å². The molecule has 0 spiro atoms. The predicted octanol–water partition coefficient (Wildman–Crippen LogP) is 2.70. The number of carboxylic acid groups (broad SMARTS) is 1. The van der Waals surface area contributed by atoms with Crippen LogP contribution in [0, 0.1) is 18.3 Å². The number of carbonyl (C=O) groups is 1. The molecule has 1 aliphatic rings. The smallest absolute Gasteiger partial charge is 0.329 e. The maximum absolute atomic E-state index is 11.7. The number of nitriles is 1. The molecule has 4 heteroatoms. The molecule has 0 amide bonds. The Balaban J connectivity index is 2.59. The van der Waals surface area contributed by atoms with Gasteiger partial charge in [-0.25, -0.2) is 4.79 Å². The molecule has 1 fully saturated rings. The highest BCUT2D eigenvalue weighted by molar-refractivity contribution is 5.86. The highest BCUT2D eigenvalue weighted by Crippen LogP contribution is 2.39. The van der Waals surface area contributed by atoms with Crippen LogP contribution in [-0.2, 0) is 4.79 Å². The second-order valence-electron chi connectivity index (χ2n) is 5.03. The molecule has 4 nitrogen and oxygen atoms in total. The number of anilines is 1. The second kappa shape index (κ2) is 4.93. The number of hydrogen-bond donors (Lipinski definition) is 1. The van der Waals surface area contributed by atoms with E-state index in [0.29, 0.717) is 24.9 Å². The molecule has 1 N–H and O–H groups in total. The summed E-state index contributed by atoms with van der Waals surface area (Å²) >= 11 is 0. The Morgan fingerprint density at radius 3 is 2.89 bits per heavy atom. The minimum absolute atomic E-state index is 0.543. The molecule has 0 radical (unpaired) electrons. The van der Waals surface area contributed by atoms with Crippen LogP contribution in [0.15, 0.2) is 18.2 Å². The molecular formula is C15H18N2O2. The quantitative estimate of drug-likeness (QED) is 0.905. The van der Waals surface area contributed by atoms with Gasteiger partial charge in [0.05, 0.1) is 11.3 Å². The lowest BCUT2D eigenvalue weighted by Crippen LogP contribution is -2.50. The van der Waals surface area contributed by atoms with Crippen LogP contribution < -0.4 is 4.90 Å². The Bertz CT molecular complexity index is 548. The lowest BCUT2D eigenvalue weighted by atomic mass is 9.91. The maximum atomic E-state index is 11.7. The molecular weight excluding hydrogens is 240 g/mol. The van der Waals surface area contributed by atoms with Crippen molar-refractivity contribution in [2.75, 3.05) is 11.4 Å². The molecule has 0 aromatic heterocycles. The van der Waals surface area contributed by atoms with Crippen LogP contribution in [-0.4, -0.2) is 23.2 Å². The van der Waals surface area contributed by atoms with Gasteiger partial charge in [0, 0.05) is 6.54 Å². The molecule has 1 aliphatic heterocycles. The number of hydrogen-bond acceptors (Lipinski definition) is 3. The summed E-state index contributed by atoms with van der Waals surface area (Å²) in [5, 5.41) is 18.9. The van der Waals surface area contributed by atoms with Crippen molar-refractivity contribution in [1.82, 2.24) is 0 Å². The van der Waals surface area contributed by atoms with E-state index < -0.39 is 11.5 Å². The Labute approximate surface area is 113 Å². The third-order valence-electron chi connectivity index (χ3n) is 4.10. The second-order valence-corrected chi connectivity index (χ2v) is 5.03. The Morgan fingerprint density at radius 2 is 2.32 bits per heavy atom. The van der Waals surface area contributed by atoms with Gasteiger partial charge in [-0.1, -0.05) is 19.1 Å². The van der Waals surface area contributed by atoms with E-state index in [1.54, 1.807) is 6.07 Å². The van der Waals surface area contributed by atoms with Crippen molar-refractivity contribution < 1.29 is 9.90 Å². The van der Waals surface area contributed by atoms with Crippen LogP contribution in [0.1, 0.15) is 37.3 Å². The van der Waals surface area contributed by atoms with Crippen LogP contribution in [0.3, 0.4) is 0 Å². The van der Waals surface area contributed by atoms with E-state index >= 15 is 0 Å². The van der Waals surface area contributed by atoms with Gasteiger partial charge in [-0.3, -0.25) is 0 Å². The number of rotatable bonds is 3. The molecule has 1 heterocycles. The molecule has 1 aromatic carbocycles. The van der Waals surface area contributed by atoms with E-state index in [-0.39, 0.29) is 0 Å². The normalized spacial score (nSPS) is 22.3. The maximum Gasteiger partial charge on any atom is 0.329 e. The molecule has 1 unspecified atom stereocenters. The molecule has 0 bridgehead atoms. The van der Waals surface area contributed by atoms with E-state index in [0.717, 1.165) is 17.7 Å². The van der Waals surface area contributed by atoms with Gasteiger partial charge in [-0.2, -0.15) is 5.26 Å². The standard InChI is InChI=1S/C15H18N2O2/c1-3-15(14(18)19)8-5-9-17(15)13-11(2)6-4-7-12(13)10-16/h4,6-7H,3,5,8-9H2,1-2H3,(H,18,19). The fraction of sp³-hybridized carbons (Fsp3) is 0.467. The summed E-state index contributed by atoms with van der Waals surface area (Å²) in [6, 6.07) is 7.69. The highest BCUT2D eigenvalue weighted by Gasteiger charge is 2.47. The predicted molar refractivity (Wildman–Crippen MR) is 73.1 cm³/mol. The average molecular weight is 258 g/mol. The van der Waals surface area contributed by atoms with E-state index in [2.05, 4.69) is 6.07 Å². The van der Waals surface area contributed by atoms with Crippen molar-refractivity contribution in [3.63, 3.8) is 0 Å². The summed E-state index contributed by atoms with van der Waals surface area (Å²) in [5.74, 6) is -0.792. The lowest BCUT2D eigenvalue weighted by Gasteiger charge is -2.37. The molecule has 0 saturated carbocycles. The summed E-state index contributed by atoms with van der Waals surface area (Å²) in [7, 11) is 0. The number of benzene rings is 1. The van der Waals surface area contributed by atoms with E-state index in [1.165, 1.54) is 0 Å². The Morgan fingerprint density at radius 1 is 1.58 bits per heavy atom. The molecule has 1 atom stereocenters. The zero-order valence-electron chi connectivity index (χ0n) is 11.3. The first kappa shape index (κ1) is 13.4. The van der Waals surface area contributed by atoms with Crippen LogP contribution >= 0.6 is 0 Å². The summed E-state index contributed by atoms with van der Waals surface area (Å²) < 4.78 is 0. The fourth-order valence-electron chi connectivity index (χ4n) is 3.05. The zero-order valence-corrected chi connectivity index (χ0v) is 11.3. The molecule has 1 saturated heterocycles.